The van der Waals surface area contributed by atoms with Crippen molar-refractivity contribution in [1.82, 2.24) is 16.0 Å². The van der Waals surface area contributed by atoms with Gasteiger partial charge in [-0.25, -0.2) is 0 Å². The van der Waals surface area contributed by atoms with Gasteiger partial charge in [-0.1, -0.05) is 33.1 Å². The summed E-state index contributed by atoms with van der Waals surface area (Å²) in [5.74, 6) is -0.206. The predicted octanol–water partition coefficient (Wildman–Crippen LogP) is 2.62. The van der Waals surface area contributed by atoms with E-state index in [1.165, 1.54) is 0 Å². The number of carbonyl (C=O) groups is 4. The SMILES string of the molecule is CCCCCCC(=O)NC(CCC(=O)CC)(CCC(=O)NC)CCC(=O)NC. The number of rotatable bonds is 16. The van der Waals surface area contributed by atoms with Crippen LogP contribution in [0, 0.1) is 0 Å². The van der Waals surface area contributed by atoms with Gasteiger partial charge in [0.05, 0.1) is 0 Å². The lowest BCUT2D eigenvalue weighted by Crippen LogP contribution is -2.50. The van der Waals surface area contributed by atoms with Crippen molar-refractivity contribution in [3.8, 4) is 0 Å². The first-order valence-corrected chi connectivity index (χ1v) is 10.6. The summed E-state index contributed by atoms with van der Waals surface area (Å²) in [7, 11) is 3.14. The van der Waals surface area contributed by atoms with Crippen molar-refractivity contribution in [2.75, 3.05) is 14.1 Å². The first-order valence-electron chi connectivity index (χ1n) is 10.6. The number of carbonyl (C=O) groups excluding carboxylic acids is 4. The Morgan fingerprint density at radius 2 is 1.21 bits per heavy atom. The van der Waals surface area contributed by atoms with E-state index < -0.39 is 5.54 Å². The molecule has 0 fully saturated rings. The first-order chi connectivity index (χ1) is 13.3. The fourth-order valence-electron chi connectivity index (χ4n) is 3.14. The summed E-state index contributed by atoms with van der Waals surface area (Å²) >= 11 is 0. The number of Topliss-reactive ketones (excluding diaryl/α,β-unsaturated/α-hetero) is 1. The molecule has 3 N–H and O–H groups in total. The van der Waals surface area contributed by atoms with Crippen molar-refractivity contribution in [2.45, 2.75) is 96.4 Å². The van der Waals surface area contributed by atoms with E-state index >= 15 is 0 Å². The molecule has 7 heteroatoms. The van der Waals surface area contributed by atoms with Crippen molar-refractivity contribution < 1.29 is 19.2 Å². The third-order valence-corrected chi connectivity index (χ3v) is 5.16. The van der Waals surface area contributed by atoms with Gasteiger partial charge >= 0.3 is 0 Å². The molecule has 3 amide bonds. The largest absolute Gasteiger partial charge is 0.359 e. The third-order valence-electron chi connectivity index (χ3n) is 5.16. The van der Waals surface area contributed by atoms with Crippen molar-refractivity contribution in [3.63, 3.8) is 0 Å². The van der Waals surface area contributed by atoms with Crippen LogP contribution in [0.4, 0.5) is 0 Å². The lowest BCUT2D eigenvalue weighted by molar-refractivity contribution is -0.126. The van der Waals surface area contributed by atoms with Gasteiger partial charge in [0.1, 0.15) is 5.78 Å². The lowest BCUT2D eigenvalue weighted by Gasteiger charge is -2.35. The molecule has 0 aliphatic heterocycles. The molecule has 0 bridgehead atoms. The molecular formula is C21H39N3O4. The van der Waals surface area contributed by atoms with Gasteiger partial charge in [0.2, 0.25) is 17.7 Å². The Hall–Kier alpha value is -1.92. The van der Waals surface area contributed by atoms with Crippen LogP contribution in [0.25, 0.3) is 0 Å². The summed E-state index contributed by atoms with van der Waals surface area (Å²) < 4.78 is 0. The van der Waals surface area contributed by atoms with Crippen molar-refractivity contribution >= 4 is 23.5 Å². The van der Waals surface area contributed by atoms with Crippen LogP contribution in [0.2, 0.25) is 0 Å². The van der Waals surface area contributed by atoms with E-state index in [-0.39, 0.29) is 36.3 Å². The summed E-state index contributed by atoms with van der Waals surface area (Å²) in [6.07, 6.45) is 6.91. The average molecular weight is 398 g/mol. The number of unbranched alkanes of at least 4 members (excludes halogenated alkanes) is 3. The van der Waals surface area contributed by atoms with Gasteiger partial charge in [0, 0.05) is 51.7 Å². The Kier molecular flexibility index (Phi) is 14.0. The number of amides is 3. The fourth-order valence-corrected chi connectivity index (χ4v) is 3.14. The number of hydrogen-bond acceptors (Lipinski definition) is 4. The molecule has 162 valence electrons. The van der Waals surface area contributed by atoms with Gasteiger partial charge in [-0.05, 0) is 25.7 Å². The average Bonchev–Trinajstić information content (AvgIpc) is 2.71. The Morgan fingerprint density at radius 1 is 0.679 bits per heavy atom. The zero-order chi connectivity index (χ0) is 21.4. The molecular weight excluding hydrogens is 358 g/mol. The van der Waals surface area contributed by atoms with E-state index in [4.69, 9.17) is 0 Å². The molecule has 0 saturated carbocycles. The second kappa shape index (κ2) is 15.1. The van der Waals surface area contributed by atoms with Crippen LogP contribution in [-0.2, 0) is 19.2 Å². The molecule has 0 atom stereocenters. The maximum atomic E-state index is 12.6. The minimum absolute atomic E-state index is 0.0751. The van der Waals surface area contributed by atoms with Crippen molar-refractivity contribution in [3.05, 3.63) is 0 Å². The zero-order valence-corrected chi connectivity index (χ0v) is 18.1. The van der Waals surface area contributed by atoms with Gasteiger partial charge in [-0.15, -0.1) is 0 Å². The highest BCUT2D eigenvalue weighted by atomic mass is 16.2. The Balaban J connectivity index is 5.26. The maximum absolute atomic E-state index is 12.6. The van der Waals surface area contributed by atoms with E-state index in [0.717, 1.165) is 25.7 Å². The molecule has 0 aromatic heterocycles. The highest BCUT2D eigenvalue weighted by molar-refractivity contribution is 5.80. The molecule has 28 heavy (non-hydrogen) atoms. The van der Waals surface area contributed by atoms with Gasteiger partial charge < -0.3 is 16.0 Å². The summed E-state index contributed by atoms with van der Waals surface area (Å²) in [6, 6.07) is 0. The van der Waals surface area contributed by atoms with Crippen LogP contribution in [0.3, 0.4) is 0 Å². The Labute approximate surface area is 169 Å². The quantitative estimate of drug-likeness (QED) is 0.348. The summed E-state index contributed by atoms with van der Waals surface area (Å²) in [6.45, 7) is 3.93. The molecule has 0 aliphatic rings. The third kappa shape index (κ3) is 11.7. The second-order valence-electron chi connectivity index (χ2n) is 7.38. The van der Waals surface area contributed by atoms with Gasteiger partial charge in [0.25, 0.3) is 0 Å². The van der Waals surface area contributed by atoms with Crippen molar-refractivity contribution in [1.29, 1.82) is 0 Å². The molecule has 0 aromatic carbocycles. The second-order valence-corrected chi connectivity index (χ2v) is 7.38. The van der Waals surface area contributed by atoms with Gasteiger partial charge in [-0.2, -0.15) is 0 Å². The van der Waals surface area contributed by atoms with Crippen LogP contribution < -0.4 is 16.0 Å². The van der Waals surface area contributed by atoms with Gasteiger partial charge in [-0.3, -0.25) is 19.2 Å². The molecule has 0 radical (unpaired) electrons. The molecule has 0 saturated heterocycles. The maximum Gasteiger partial charge on any atom is 0.220 e. The predicted molar refractivity (Wildman–Crippen MR) is 111 cm³/mol. The van der Waals surface area contributed by atoms with E-state index in [1.807, 2.05) is 6.92 Å². The van der Waals surface area contributed by atoms with Gasteiger partial charge in [0.15, 0.2) is 0 Å². The minimum atomic E-state index is -0.730. The molecule has 0 rings (SSSR count). The number of ketones is 1. The summed E-state index contributed by atoms with van der Waals surface area (Å²) in [4.78, 5) is 48.1. The first kappa shape index (κ1) is 26.1. The summed E-state index contributed by atoms with van der Waals surface area (Å²) in [5, 5.41) is 8.28. The minimum Gasteiger partial charge on any atom is -0.359 e. The highest BCUT2D eigenvalue weighted by Crippen LogP contribution is 2.27. The summed E-state index contributed by atoms with van der Waals surface area (Å²) in [5.41, 5.74) is -0.730. The number of hydrogen-bond donors (Lipinski definition) is 3. The smallest absolute Gasteiger partial charge is 0.220 e. The lowest BCUT2D eigenvalue weighted by atomic mass is 9.82. The van der Waals surface area contributed by atoms with Crippen molar-refractivity contribution in [2.24, 2.45) is 0 Å². The normalized spacial score (nSPS) is 11.0. The molecule has 0 heterocycles. The molecule has 0 aliphatic carbocycles. The van der Waals surface area contributed by atoms with E-state index in [2.05, 4.69) is 22.9 Å². The van der Waals surface area contributed by atoms with Crippen LogP contribution in [0.5, 0.6) is 0 Å². The zero-order valence-electron chi connectivity index (χ0n) is 18.1. The van der Waals surface area contributed by atoms with E-state index in [0.29, 0.717) is 38.5 Å². The van der Waals surface area contributed by atoms with Crippen LogP contribution in [-0.4, -0.2) is 43.1 Å². The molecule has 0 aromatic rings. The van der Waals surface area contributed by atoms with Crippen LogP contribution in [0.15, 0.2) is 0 Å². The van der Waals surface area contributed by atoms with E-state index in [1.54, 1.807) is 14.1 Å². The standard InChI is InChI=1S/C21H39N3O4/c1-5-7-8-9-10-20(28)24-21(14-11-17(25)6-2,15-12-18(26)22-3)16-13-19(27)23-4/h5-16H2,1-4H3,(H,22,26)(H,23,27)(H,24,28). The Bertz CT molecular complexity index is 456. The van der Waals surface area contributed by atoms with Crippen LogP contribution >= 0.6 is 0 Å². The van der Waals surface area contributed by atoms with E-state index in [9.17, 15) is 19.2 Å². The monoisotopic (exact) mass is 397 g/mol. The molecule has 7 nitrogen and oxygen atoms in total. The fraction of sp³-hybridized carbons (Fsp3) is 0.810. The van der Waals surface area contributed by atoms with Crippen LogP contribution in [0.1, 0.15) is 90.9 Å². The molecule has 0 unspecified atom stereocenters. The number of nitrogens with one attached hydrogen (secondary N) is 3. The topological polar surface area (TPSA) is 104 Å². The Morgan fingerprint density at radius 3 is 1.68 bits per heavy atom. The molecule has 0 spiro atoms. The highest BCUT2D eigenvalue weighted by Gasteiger charge is 2.33.